The Bertz CT molecular complexity index is 2800. The van der Waals surface area contributed by atoms with Gasteiger partial charge in [-0.25, -0.2) is 18.4 Å². The van der Waals surface area contributed by atoms with Gasteiger partial charge in [-0.15, -0.1) is 0 Å². The van der Waals surface area contributed by atoms with Crippen LogP contribution in [0.15, 0.2) is 78.9 Å². The molecule has 5 N–H and O–H groups in total. The average Bonchev–Trinajstić information content (AvgIpc) is 4.17. The Morgan fingerprint density at radius 2 is 1.20 bits per heavy atom. The normalized spacial score (nSPS) is 24.9. The third kappa shape index (κ3) is 17.6. The standard InChI is InChI=1S/C34H43FN4O6.C27H39FN4O6/c1-34(2,3)45-33(43)39-13-12-37(20-23-9-5-4-6-10-23)22-29(39)31(41)28-17-24-15-26(35)19-27(16-24)44-14-8-7-11-38-21-25(18-30(38)40)32(42)36-28;1-27(2,3)38-26(36)32-8-6-29-15-22(32)24(34)21-12-17-10-19(28)14-20(11-17)37-9-5-4-7-31-16-18(13-23(31)33)25(35)30-21/h4-10,15-16,19,25,28-29,31,41H,11-14,17-18,20-22H2,1-3H3,(H,36,42);10-11,14,18,21-22,24,29,34H,4-9,12-13,15-16H2,1-3H3,(H,30,35)/t25?,28-,29+,31-;18?,21-,22+,24-/m00/s1. The minimum atomic E-state index is -1.25. The number of carbonyl (C=O) groups excluding carboxylic acids is 6. The second-order valence-electron chi connectivity index (χ2n) is 24.4. The van der Waals surface area contributed by atoms with E-state index in [9.17, 15) is 47.8 Å². The number of hydrogen-bond acceptors (Lipinski definition) is 14. The molecular formula is C61H82F2N8O12. The van der Waals surface area contributed by atoms with Crippen LogP contribution in [-0.2, 0) is 48.0 Å². The Hall–Kier alpha value is -6.88. The van der Waals surface area contributed by atoms with Gasteiger partial charge in [0.2, 0.25) is 23.6 Å². The first-order chi connectivity index (χ1) is 39.4. The molecule has 0 saturated carbocycles. The molecule has 6 aliphatic rings. The van der Waals surface area contributed by atoms with Crippen molar-refractivity contribution in [1.82, 2.24) is 40.4 Å². The topological polar surface area (TPSA) is 232 Å². The largest absolute Gasteiger partial charge is 0.493 e. The van der Waals surface area contributed by atoms with E-state index in [1.165, 1.54) is 34.1 Å². The van der Waals surface area contributed by atoms with Crippen LogP contribution in [0, 0.1) is 23.5 Å². The van der Waals surface area contributed by atoms with Crippen LogP contribution in [0.2, 0.25) is 0 Å². The minimum Gasteiger partial charge on any atom is -0.493 e. The highest BCUT2D eigenvalue weighted by Gasteiger charge is 2.44. The van der Waals surface area contributed by atoms with Gasteiger partial charge in [-0.1, -0.05) is 36.4 Å². The molecule has 8 bridgehead atoms. The van der Waals surface area contributed by atoms with Crippen molar-refractivity contribution in [3.63, 3.8) is 0 Å². The highest BCUT2D eigenvalue weighted by atomic mass is 19.1. The number of fused-ring (bicyclic) bond motifs is 8. The van der Waals surface area contributed by atoms with E-state index in [2.05, 4.69) is 20.9 Å². The van der Waals surface area contributed by atoms with Gasteiger partial charge >= 0.3 is 12.2 Å². The first-order valence-corrected chi connectivity index (χ1v) is 28.9. The number of aliphatic hydroxyl groups is 2. The van der Waals surface area contributed by atoms with Gasteiger partial charge in [0, 0.05) is 97.0 Å². The van der Waals surface area contributed by atoms with Crippen molar-refractivity contribution in [1.29, 1.82) is 0 Å². The maximum atomic E-state index is 14.7. The second kappa shape index (κ2) is 27.7. The zero-order valence-corrected chi connectivity index (χ0v) is 48.5. The van der Waals surface area contributed by atoms with Crippen LogP contribution in [0.3, 0.4) is 0 Å². The SMILES string of the molecule is CC(C)(C)OC(=O)N1CCN(Cc2ccccc2)C[C@@H]1[C@@H](O)[C@@H]1Cc2cc(F)cc(c2)OCC=CCN2CC(CC2=O)C(=O)N1.CC(C)(C)OC(=O)N1CCNC[C@@H]1[C@@H](O)[C@@H]1Cc2cc(F)cc(c2)OCCCCN2CC(CC2=O)C(=O)N1. The van der Waals surface area contributed by atoms with E-state index < -0.39 is 83.2 Å². The Balaban J connectivity index is 0.000000220. The van der Waals surface area contributed by atoms with Gasteiger partial charge < -0.3 is 54.9 Å². The minimum absolute atomic E-state index is 0.0570. The molecule has 20 nitrogen and oxygen atoms in total. The van der Waals surface area contributed by atoms with Gasteiger partial charge in [0.05, 0.1) is 54.8 Å². The Morgan fingerprint density at radius 1 is 0.651 bits per heavy atom. The zero-order valence-electron chi connectivity index (χ0n) is 48.5. The summed E-state index contributed by atoms with van der Waals surface area (Å²) in [5, 5.41) is 32.8. The molecule has 83 heavy (non-hydrogen) atoms. The van der Waals surface area contributed by atoms with Gasteiger partial charge in [0.15, 0.2) is 0 Å². The summed E-state index contributed by atoms with van der Waals surface area (Å²) in [7, 11) is 0. The van der Waals surface area contributed by atoms with E-state index in [1.807, 2.05) is 30.3 Å². The summed E-state index contributed by atoms with van der Waals surface area (Å²) in [6.07, 6.45) is 1.71. The lowest BCUT2D eigenvalue weighted by Crippen LogP contribution is -2.64. The molecule has 0 spiro atoms. The Kier molecular flexibility index (Phi) is 20.7. The van der Waals surface area contributed by atoms with Crippen LogP contribution >= 0.6 is 0 Å². The molecule has 0 aromatic heterocycles. The molecule has 9 rings (SSSR count). The van der Waals surface area contributed by atoms with Gasteiger partial charge in [-0.2, -0.15) is 0 Å². The molecule has 8 atom stereocenters. The molecule has 3 aromatic carbocycles. The number of ether oxygens (including phenoxy) is 4. The van der Waals surface area contributed by atoms with E-state index >= 15 is 0 Å². The van der Waals surface area contributed by atoms with Crippen molar-refractivity contribution in [2.75, 3.05) is 78.7 Å². The summed E-state index contributed by atoms with van der Waals surface area (Å²) in [6.45, 7) is 15.6. The maximum Gasteiger partial charge on any atom is 0.410 e. The van der Waals surface area contributed by atoms with E-state index in [4.69, 9.17) is 18.9 Å². The van der Waals surface area contributed by atoms with E-state index in [-0.39, 0.29) is 62.5 Å². The lowest BCUT2D eigenvalue weighted by atomic mass is 9.92. The fraction of sp³-hybridized carbons (Fsp3) is 0.574. The maximum absolute atomic E-state index is 14.7. The van der Waals surface area contributed by atoms with Crippen molar-refractivity contribution < 1.29 is 66.7 Å². The predicted molar refractivity (Wildman–Crippen MR) is 303 cm³/mol. The van der Waals surface area contributed by atoms with Gasteiger partial charge in [0.1, 0.15) is 40.9 Å². The molecule has 6 heterocycles. The smallest absolute Gasteiger partial charge is 0.410 e. The number of aliphatic hydroxyl groups excluding tert-OH is 2. The number of nitrogens with zero attached hydrogens (tertiary/aromatic N) is 5. The van der Waals surface area contributed by atoms with Crippen molar-refractivity contribution in [2.45, 2.75) is 134 Å². The number of rotatable bonds is 6. The van der Waals surface area contributed by atoms with Crippen LogP contribution in [-0.4, -0.2) is 197 Å². The molecule has 3 aromatic rings. The molecule has 0 radical (unpaired) electrons. The molecule has 22 heteroatoms. The highest BCUT2D eigenvalue weighted by molar-refractivity contribution is 5.90. The molecule has 2 unspecified atom stereocenters. The fourth-order valence-corrected chi connectivity index (χ4v) is 11.4. The zero-order chi connectivity index (χ0) is 59.6. The summed E-state index contributed by atoms with van der Waals surface area (Å²) in [4.78, 5) is 87.0. The van der Waals surface area contributed by atoms with E-state index in [0.29, 0.717) is 108 Å². The van der Waals surface area contributed by atoms with E-state index in [0.717, 1.165) is 5.56 Å². The Labute approximate surface area is 484 Å². The van der Waals surface area contributed by atoms with Gasteiger partial charge in [0.25, 0.3) is 0 Å². The van der Waals surface area contributed by atoms with Crippen LogP contribution in [0.25, 0.3) is 0 Å². The number of benzene rings is 3. The first-order valence-electron chi connectivity index (χ1n) is 28.9. The van der Waals surface area contributed by atoms with Crippen LogP contribution < -0.4 is 25.4 Å². The molecule has 6 aliphatic heterocycles. The highest BCUT2D eigenvalue weighted by Crippen LogP contribution is 2.28. The Morgan fingerprint density at radius 3 is 1.81 bits per heavy atom. The number of carbonyl (C=O) groups is 6. The summed E-state index contributed by atoms with van der Waals surface area (Å²) < 4.78 is 52.0. The predicted octanol–water partition coefficient (Wildman–Crippen LogP) is 4.58. The second-order valence-corrected chi connectivity index (χ2v) is 24.4. The fourth-order valence-electron chi connectivity index (χ4n) is 11.4. The van der Waals surface area contributed by atoms with E-state index in [1.54, 1.807) is 75.6 Å². The molecule has 4 saturated heterocycles. The lowest BCUT2D eigenvalue weighted by molar-refractivity contribution is -0.129. The number of hydrogen-bond donors (Lipinski definition) is 5. The molecular weight excluding hydrogens is 1070 g/mol. The summed E-state index contributed by atoms with van der Waals surface area (Å²) in [5.74, 6) is -2.39. The molecule has 452 valence electrons. The third-order valence-corrected chi connectivity index (χ3v) is 15.4. The quantitative estimate of drug-likeness (QED) is 0.213. The third-order valence-electron chi connectivity index (χ3n) is 15.4. The molecule has 4 fully saturated rings. The monoisotopic (exact) mass is 1160 g/mol. The average molecular weight is 1160 g/mol. The lowest BCUT2D eigenvalue weighted by Gasteiger charge is -2.45. The number of halogens is 2. The molecule has 0 aliphatic carbocycles. The van der Waals surface area contributed by atoms with Crippen molar-refractivity contribution in [2.24, 2.45) is 11.8 Å². The van der Waals surface area contributed by atoms with Crippen molar-refractivity contribution in [3.8, 4) is 11.5 Å². The van der Waals surface area contributed by atoms with Crippen LogP contribution in [0.5, 0.6) is 11.5 Å². The summed E-state index contributed by atoms with van der Waals surface area (Å²) >= 11 is 0. The van der Waals surface area contributed by atoms with Crippen molar-refractivity contribution in [3.05, 3.63) is 107 Å². The van der Waals surface area contributed by atoms with Gasteiger partial charge in [-0.05, 0) is 114 Å². The molecule has 6 amide bonds. The summed E-state index contributed by atoms with van der Waals surface area (Å²) in [5.41, 5.74) is 0.678. The number of amides is 6. The first kappa shape index (κ1) is 62.2. The number of piperazine rings is 2. The van der Waals surface area contributed by atoms with Gasteiger partial charge in [-0.3, -0.25) is 33.9 Å². The van der Waals surface area contributed by atoms with Crippen LogP contribution in [0.4, 0.5) is 18.4 Å². The summed E-state index contributed by atoms with van der Waals surface area (Å²) in [6, 6.07) is 15.4. The number of nitrogens with one attached hydrogen (secondary N) is 3. The van der Waals surface area contributed by atoms with Crippen molar-refractivity contribution >= 4 is 35.8 Å². The van der Waals surface area contributed by atoms with Crippen LogP contribution in [0.1, 0.15) is 83.9 Å².